The van der Waals surface area contributed by atoms with Crippen LogP contribution in [0.15, 0.2) is 21.9 Å². The van der Waals surface area contributed by atoms with Crippen molar-refractivity contribution in [3.63, 3.8) is 0 Å². The smallest absolute Gasteiger partial charge is 0.287 e. The summed E-state index contributed by atoms with van der Waals surface area (Å²) in [4.78, 5) is 17.1. The van der Waals surface area contributed by atoms with Gasteiger partial charge in [-0.05, 0) is 56.9 Å². The molecule has 1 aliphatic carbocycles. The third kappa shape index (κ3) is 2.73. The summed E-state index contributed by atoms with van der Waals surface area (Å²) in [5.41, 5.74) is 4.95. The lowest BCUT2D eigenvalue weighted by Gasteiger charge is -2.01. The summed E-state index contributed by atoms with van der Waals surface area (Å²) in [7, 11) is 0. The van der Waals surface area contributed by atoms with E-state index in [0.717, 1.165) is 22.2 Å². The van der Waals surface area contributed by atoms with E-state index >= 15 is 0 Å². The number of aryl methyl sites for hydroxylation is 3. The van der Waals surface area contributed by atoms with Crippen molar-refractivity contribution in [1.29, 1.82) is 0 Å². The van der Waals surface area contributed by atoms with Gasteiger partial charge in [-0.25, -0.2) is 4.98 Å². The highest BCUT2D eigenvalue weighted by molar-refractivity contribution is 7.09. The number of carbonyl (C=O) groups excluding carboxylic acids is 1. The van der Waals surface area contributed by atoms with Crippen molar-refractivity contribution in [2.24, 2.45) is 0 Å². The molecule has 4 rings (SSSR count). The van der Waals surface area contributed by atoms with Gasteiger partial charge in [0, 0.05) is 22.2 Å². The number of thiazole rings is 1. The molecule has 0 saturated heterocycles. The molecule has 2 aromatic heterocycles. The Balaban J connectivity index is 1.52. The fourth-order valence-corrected chi connectivity index (χ4v) is 3.86. The summed E-state index contributed by atoms with van der Waals surface area (Å²) in [6, 6.07) is 4.08. The first-order valence-electron chi connectivity index (χ1n) is 8.26. The number of benzene rings is 1. The molecule has 1 amide bonds. The van der Waals surface area contributed by atoms with Crippen LogP contribution in [0.5, 0.6) is 0 Å². The number of hydrogen-bond donors (Lipinski definition) is 1. The number of carbonyl (C=O) groups is 1. The van der Waals surface area contributed by atoms with Crippen LogP contribution in [0.1, 0.15) is 56.7 Å². The molecule has 1 aliphatic rings. The van der Waals surface area contributed by atoms with Gasteiger partial charge in [0.15, 0.2) is 5.76 Å². The molecule has 1 aromatic carbocycles. The van der Waals surface area contributed by atoms with Crippen molar-refractivity contribution in [3.05, 3.63) is 50.7 Å². The number of hydrogen-bond acceptors (Lipinski definition) is 4. The molecule has 124 valence electrons. The average Bonchev–Trinajstić information content (AvgIpc) is 3.23. The maximum absolute atomic E-state index is 12.5. The predicted octanol–water partition coefficient (Wildman–Crippen LogP) is 4.62. The average molecular weight is 340 g/mol. The second kappa shape index (κ2) is 5.74. The zero-order valence-electron chi connectivity index (χ0n) is 14.1. The second-order valence-electron chi connectivity index (χ2n) is 6.62. The number of nitrogens with one attached hydrogen (secondary N) is 1. The van der Waals surface area contributed by atoms with E-state index in [2.05, 4.69) is 23.3 Å². The Morgan fingerprint density at radius 1 is 1.29 bits per heavy atom. The molecular formula is C19H20N2O2S. The molecule has 1 N–H and O–H groups in total. The first-order valence-corrected chi connectivity index (χ1v) is 9.13. The van der Waals surface area contributed by atoms with Gasteiger partial charge in [-0.2, -0.15) is 0 Å². The van der Waals surface area contributed by atoms with Gasteiger partial charge in [0.2, 0.25) is 0 Å². The predicted molar refractivity (Wildman–Crippen MR) is 95.7 cm³/mol. The fraction of sp³-hybridized carbons (Fsp3) is 0.368. The highest BCUT2D eigenvalue weighted by atomic mass is 32.1. The topological polar surface area (TPSA) is 55.1 Å². The minimum atomic E-state index is -0.181. The summed E-state index contributed by atoms with van der Waals surface area (Å²) >= 11 is 1.69. The molecule has 0 unspecified atom stereocenters. The van der Waals surface area contributed by atoms with Crippen LogP contribution in [-0.2, 0) is 6.54 Å². The standard InChI is InChI=1S/C19H20N2O2S/c1-10-6-15-12(3)17(23-16(15)7-11(10)2)18(22)20-8-14-9-24-19(21-14)13-4-5-13/h6-7,9,13H,4-5,8H2,1-3H3,(H,20,22). The zero-order chi connectivity index (χ0) is 16.8. The molecule has 3 aromatic rings. The number of aromatic nitrogens is 1. The summed E-state index contributed by atoms with van der Waals surface area (Å²) < 4.78 is 5.81. The number of fused-ring (bicyclic) bond motifs is 1. The Labute approximate surface area is 144 Å². The van der Waals surface area contributed by atoms with Crippen molar-refractivity contribution < 1.29 is 9.21 Å². The lowest BCUT2D eigenvalue weighted by Crippen LogP contribution is -2.23. The summed E-state index contributed by atoms with van der Waals surface area (Å²) in [6.45, 7) is 6.49. The quantitative estimate of drug-likeness (QED) is 0.754. The Kier molecular flexibility index (Phi) is 3.68. The van der Waals surface area contributed by atoms with Crippen LogP contribution in [-0.4, -0.2) is 10.9 Å². The number of nitrogens with zero attached hydrogens (tertiary/aromatic N) is 1. The highest BCUT2D eigenvalue weighted by Crippen LogP contribution is 2.41. The summed E-state index contributed by atoms with van der Waals surface area (Å²) in [6.07, 6.45) is 2.49. The van der Waals surface area contributed by atoms with E-state index < -0.39 is 0 Å². The summed E-state index contributed by atoms with van der Waals surface area (Å²) in [5.74, 6) is 0.871. The minimum Gasteiger partial charge on any atom is -0.451 e. The van der Waals surface area contributed by atoms with Crippen LogP contribution < -0.4 is 5.32 Å². The van der Waals surface area contributed by atoms with Crippen LogP contribution in [0, 0.1) is 20.8 Å². The normalized spacial score (nSPS) is 14.3. The van der Waals surface area contributed by atoms with Crippen molar-refractivity contribution in [2.75, 3.05) is 0 Å². The van der Waals surface area contributed by atoms with Crippen LogP contribution in [0.3, 0.4) is 0 Å². The van der Waals surface area contributed by atoms with E-state index in [4.69, 9.17) is 4.42 Å². The van der Waals surface area contributed by atoms with E-state index in [9.17, 15) is 4.79 Å². The van der Waals surface area contributed by atoms with Crippen molar-refractivity contribution in [1.82, 2.24) is 10.3 Å². The van der Waals surface area contributed by atoms with Gasteiger partial charge >= 0.3 is 0 Å². The Morgan fingerprint density at radius 3 is 2.79 bits per heavy atom. The molecule has 5 heteroatoms. The Hall–Kier alpha value is -2.14. The largest absolute Gasteiger partial charge is 0.451 e. The second-order valence-corrected chi connectivity index (χ2v) is 7.51. The Morgan fingerprint density at radius 2 is 2.04 bits per heavy atom. The molecule has 0 spiro atoms. The molecule has 2 heterocycles. The third-order valence-electron chi connectivity index (χ3n) is 4.68. The van der Waals surface area contributed by atoms with Crippen LogP contribution >= 0.6 is 11.3 Å². The molecule has 1 fully saturated rings. The van der Waals surface area contributed by atoms with Gasteiger partial charge in [-0.15, -0.1) is 11.3 Å². The summed E-state index contributed by atoms with van der Waals surface area (Å²) in [5, 5.41) is 7.17. The monoisotopic (exact) mass is 340 g/mol. The molecule has 0 aliphatic heterocycles. The molecule has 0 radical (unpaired) electrons. The Bertz CT molecular complexity index is 934. The van der Waals surface area contributed by atoms with Crippen molar-refractivity contribution >= 4 is 28.2 Å². The van der Waals surface area contributed by atoms with Gasteiger partial charge < -0.3 is 9.73 Å². The number of furan rings is 1. The highest BCUT2D eigenvalue weighted by Gasteiger charge is 2.26. The number of amides is 1. The molecule has 4 nitrogen and oxygen atoms in total. The van der Waals surface area contributed by atoms with Crippen LogP contribution in [0.2, 0.25) is 0 Å². The minimum absolute atomic E-state index is 0.181. The van der Waals surface area contributed by atoms with Gasteiger partial charge in [0.05, 0.1) is 17.2 Å². The van der Waals surface area contributed by atoms with Gasteiger partial charge in [0.1, 0.15) is 5.58 Å². The molecule has 1 saturated carbocycles. The third-order valence-corrected chi connectivity index (χ3v) is 5.74. The molecule has 0 atom stereocenters. The van der Waals surface area contributed by atoms with E-state index in [0.29, 0.717) is 18.2 Å². The first kappa shape index (κ1) is 15.4. The SMILES string of the molecule is Cc1cc2oc(C(=O)NCc3csc(C4CC4)n3)c(C)c2cc1C. The van der Waals surface area contributed by atoms with E-state index in [1.54, 1.807) is 11.3 Å². The maximum atomic E-state index is 12.5. The number of rotatable bonds is 4. The van der Waals surface area contributed by atoms with Crippen molar-refractivity contribution in [2.45, 2.75) is 46.1 Å². The lowest BCUT2D eigenvalue weighted by molar-refractivity contribution is 0.0924. The van der Waals surface area contributed by atoms with E-state index in [1.807, 2.05) is 25.3 Å². The fourth-order valence-electron chi connectivity index (χ4n) is 2.87. The van der Waals surface area contributed by atoms with E-state index in [-0.39, 0.29) is 5.91 Å². The van der Waals surface area contributed by atoms with E-state index in [1.165, 1.54) is 29.0 Å². The van der Waals surface area contributed by atoms with Gasteiger partial charge in [0.25, 0.3) is 5.91 Å². The molecule has 0 bridgehead atoms. The van der Waals surface area contributed by atoms with Crippen LogP contribution in [0.25, 0.3) is 11.0 Å². The molecule has 24 heavy (non-hydrogen) atoms. The first-order chi connectivity index (χ1) is 11.5. The zero-order valence-corrected chi connectivity index (χ0v) is 14.9. The van der Waals surface area contributed by atoms with Gasteiger partial charge in [-0.3, -0.25) is 4.79 Å². The lowest BCUT2D eigenvalue weighted by atomic mass is 10.1. The molecular weight excluding hydrogens is 320 g/mol. The van der Waals surface area contributed by atoms with Crippen LogP contribution in [0.4, 0.5) is 0 Å². The maximum Gasteiger partial charge on any atom is 0.287 e. The van der Waals surface area contributed by atoms with Gasteiger partial charge in [-0.1, -0.05) is 0 Å². The van der Waals surface area contributed by atoms with Crippen molar-refractivity contribution in [3.8, 4) is 0 Å².